The Morgan fingerprint density at radius 1 is 1.18 bits per heavy atom. The van der Waals surface area contributed by atoms with Crippen molar-refractivity contribution in [1.29, 1.82) is 0 Å². The maximum absolute atomic E-state index is 5.10. The molecule has 1 aromatic rings. The largest absolute Gasteiger partial charge is 0.472 e. The van der Waals surface area contributed by atoms with Crippen LogP contribution in [0.3, 0.4) is 0 Å². The van der Waals surface area contributed by atoms with Gasteiger partial charge >= 0.3 is 0 Å². The van der Waals surface area contributed by atoms with Crippen molar-refractivity contribution in [2.75, 3.05) is 7.05 Å². The van der Waals surface area contributed by atoms with E-state index in [0.29, 0.717) is 6.04 Å². The van der Waals surface area contributed by atoms with Crippen LogP contribution in [0.1, 0.15) is 57.4 Å². The van der Waals surface area contributed by atoms with Crippen LogP contribution < -0.4 is 5.32 Å². The Balaban J connectivity index is 2.06. The van der Waals surface area contributed by atoms with Gasteiger partial charge in [-0.1, -0.05) is 45.4 Å². The fraction of sp³-hybridized carbons (Fsp3) is 0.733. The Bertz CT molecular complexity index is 256. The van der Waals surface area contributed by atoms with E-state index in [4.69, 9.17) is 4.42 Å². The van der Waals surface area contributed by atoms with Gasteiger partial charge in [-0.2, -0.15) is 0 Å². The van der Waals surface area contributed by atoms with Gasteiger partial charge in [0.25, 0.3) is 0 Å². The number of hydrogen-bond donors (Lipinski definition) is 1. The molecule has 0 fully saturated rings. The lowest BCUT2D eigenvalue weighted by atomic mass is 10.0. The van der Waals surface area contributed by atoms with E-state index in [1.807, 2.05) is 6.26 Å². The van der Waals surface area contributed by atoms with Gasteiger partial charge in [-0.15, -0.1) is 0 Å². The first kappa shape index (κ1) is 14.3. The molecule has 0 aliphatic heterocycles. The molecule has 0 radical (unpaired) electrons. The minimum Gasteiger partial charge on any atom is -0.472 e. The van der Waals surface area contributed by atoms with E-state index in [1.54, 1.807) is 6.26 Å². The quantitative estimate of drug-likeness (QED) is 0.618. The molecule has 0 aromatic carbocycles. The van der Waals surface area contributed by atoms with Crippen LogP contribution in [-0.2, 0) is 6.42 Å². The van der Waals surface area contributed by atoms with Crippen molar-refractivity contribution in [3.8, 4) is 0 Å². The van der Waals surface area contributed by atoms with E-state index in [1.165, 1.54) is 50.5 Å². The third-order valence-corrected chi connectivity index (χ3v) is 3.38. The summed E-state index contributed by atoms with van der Waals surface area (Å²) >= 11 is 0. The molecule has 17 heavy (non-hydrogen) atoms. The average molecular weight is 237 g/mol. The standard InChI is InChI=1S/C15H27NO/c1-3-4-5-6-7-8-9-15(16-2)12-14-10-11-17-13-14/h10-11,13,15-16H,3-9,12H2,1-2H3. The summed E-state index contributed by atoms with van der Waals surface area (Å²) in [6, 6.07) is 2.66. The molecular formula is C15H27NO. The summed E-state index contributed by atoms with van der Waals surface area (Å²) in [5.74, 6) is 0. The molecule has 0 saturated carbocycles. The minimum atomic E-state index is 0.596. The lowest BCUT2D eigenvalue weighted by Gasteiger charge is -2.14. The Kier molecular flexibility index (Phi) is 7.81. The summed E-state index contributed by atoms with van der Waals surface area (Å²) in [4.78, 5) is 0. The monoisotopic (exact) mass is 237 g/mol. The van der Waals surface area contributed by atoms with Gasteiger partial charge in [-0.3, -0.25) is 0 Å². The first-order chi connectivity index (χ1) is 8.36. The molecule has 1 atom stereocenters. The summed E-state index contributed by atoms with van der Waals surface area (Å²) in [6.07, 6.45) is 14.2. The molecule has 0 aliphatic rings. The molecule has 0 bridgehead atoms. The molecule has 1 unspecified atom stereocenters. The average Bonchev–Trinajstić information content (AvgIpc) is 2.85. The molecule has 0 amide bonds. The van der Waals surface area contributed by atoms with E-state index >= 15 is 0 Å². The molecule has 1 heterocycles. The topological polar surface area (TPSA) is 25.2 Å². The lowest BCUT2D eigenvalue weighted by molar-refractivity contribution is 0.477. The molecule has 1 aromatic heterocycles. The maximum Gasteiger partial charge on any atom is 0.0935 e. The molecule has 2 heteroatoms. The molecule has 2 nitrogen and oxygen atoms in total. The van der Waals surface area contributed by atoms with Crippen molar-refractivity contribution in [3.63, 3.8) is 0 Å². The van der Waals surface area contributed by atoms with Crippen LogP contribution in [0.5, 0.6) is 0 Å². The van der Waals surface area contributed by atoms with Gasteiger partial charge in [0.1, 0.15) is 0 Å². The van der Waals surface area contributed by atoms with Crippen molar-refractivity contribution in [2.24, 2.45) is 0 Å². The van der Waals surface area contributed by atoms with Crippen LogP contribution in [0, 0.1) is 0 Å². The van der Waals surface area contributed by atoms with Crippen molar-refractivity contribution >= 4 is 0 Å². The number of furan rings is 1. The van der Waals surface area contributed by atoms with E-state index in [2.05, 4.69) is 25.4 Å². The number of rotatable bonds is 10. The highest BCUT2D eigenvalue weighted by Gasteiger charge is 2.07. The minimum absolute atomic E-state index is 0.596. The summed E-state index contributed by atoms with van der Waals surface area (Å²) in [5, 5.41) is 3.40. The first-order valence-electron chi connectivity index (χ1n) is 7.05. The van der Waals surface area contributed by atoms with Crippen molar-refractivity contribution in [2.45, 2.75) is 64.3 Å². The van der Waals surface area contributed by atoms with Gasteiger partial charge in [0, 0.05) is 6.04 Å². The van der Waals surface area contributed by atoms with E-state index < -0.39 is 0 Å². The normalized spacial score (nSPS) is 12.8. The van der Waals surface area contributed by atoms with Crippen LogP contribution in [0.15, 0.2) is 23.0 Å². The Morgan fingerprint density at radius 3 is 2.59 bits per heavy atom. The Labute approximate surface area is 106 Å². The zero-order valence-electron chi connectivity index (χ0n) is 11.4. The number of unbranched alkanes of at least 4 members (excludes halogenated alkanes) is 5. The predicted octanol–water partition coefficient (Wildman–Crippen LogP) is 4.16. The number of nitrogens with one attached hydrogen (secondary N) is 1. The summed E-state index contributed by atoms with van der Waals surface area (Å²) in [7, 11) is 2.06. The van der Waals surface area contributed by atoms with Crippen molar-refractivity contribution in [3.05, 3.63) is 24.2 Å². The highest BCUT2D eigenvalue weighted by Crippen LogP contribution is 2.12. The highest BCUT2D eigenvalue weighted by atomic mass is 16.3. The second-order valence-electron chi connectivity index (χ2n) is 4.88. The molecule has 0 saturated heterocycles. The fourth-order valence-electron chi connectivity index (χ4n) is 2.21. The second kappa shape index (κ2) is 9.29. The highest BCUT2D eigenvalue weighted by molar-refractivity contribution is 5.07. The third-order valence-electron chi connectivity index (χ3n) is 3.38. The summed E-state index contributed by atoms with van der Waals surface area (Å²) in [6.45, 7) is 2.27. The van der Waals surface area contributed by atoms with Gasteiger partial charge in [-0.25, -0.2) is 0 Å². The molecule has 0 aliphatic carbocycles. The summed E-state index contributed by atoms with van der Waals surface area (Å²) < 4.78 is 5.10. The number of hydrogen-bond acceptors (Lipinski definition) is 2. The zero-order chi connectivity index (χ0) is 12.3. The van der Waals surface area contributed by atoms with Gasteiger partial charge < -0.3 is 9.73 Å². The van der Waals surface area contributed by atoms with Crippen LogP contribution in [0.4, 0.5) is 0 Å². The van der Waals surface area contributed by atoms with Crippen LogP contribution >= 0.6 is 0 Å². The van der Waals surface area contributed by atoms with E-state index in [9.17, 15) is 0 Å². The lowest BCUT2D eigenvalue weighted by Crippen LogP contribution is -2.27. The molecule has 1 rings (SSSR count). The zero-order valence-corrected chi connectivity index (χ0v) is 11.4. The number of likely N-dealkylation sites (N-methyl/N-ethyl adjacent to an activating group) is 1. The fourth-order valence-corrected chi connectivity index (χ4v) is 2.21. The predicted molar refractivity (Wildman–Crippen MR) is 73.3 cm³/mol. The molecule has 98 valence electrons. The summed E-state index contributed by atoms with van der Waals surface area (Å²) in [5.41, 5.74) is 1.30. The molecule has 1 N–H and O–H groups in total. The third kappa shape index (κ3) is 6.52. The van der Waals surface area contributed by atoms with Crippen LogP contribution in [0.25, 0.3) is 0 Å². The molecule has 0 spiro atoms. The molecular weight excluding hydrogens is 210 g/mol. The maximum atomic E-state index is 5.10. The van der Waals surface area contributed by atoms with Crippen LogP contribution in [-0.4, -0.2) is 13.1 Å². The SMILES string of the molecule is CCCCCCCCC(Cc1ccoc1)NC. The van der Waals surface area contributed by atoms with Crippen molar-refractivity contribution < 1.29 is 4.42 Å². The Morgan fingerprint density at radius 2 is 1.94 bits per heavy atom. The van der Waals surface area contributed by atoms with Crippen LogP contribution in [0.2, 0.25) is 0 Å². The van der Waals surface area contributed by atoms with E-state index in [0.717, 1.165) is 6.42 Å². The second-order valence-corrected chi connectivity index (χ2v) is 4.88. The Hall–Kier alpha value is -0.760. The van der Waals surface area contributed by atoms with Gasteiger partial charge in [0.15, 0.2) is 0 Å². The van der Waals surface area contributed by atoms with Crippen molar-refractivity contribution in [1.82, 2.24) is 5.32 Å². The van der Waals surface area contributed by atoms with Gasteiger partial charge in [0.05, 0.1) is 12.5 Å². The smallest absolute Gasteiger partial charge is 0.0935 e. The first-order valence-corrected chi connectivity index (χ1v) is 7.05. The van der Waals surface area contributed by atoms with Gasteiger partial charge in [-0.05, 0) is 31.5 Å². The van der Waals surface area contributed by atoms with Gasteiger partial charge in [0.2, 0.25) is 0 Å². The van der Waals surface area contributed by atoms with E-state index in [-0.39, 0.29) is 0 Å².